The van der Waals surface area contributed by atoms with Crippen LogP contribution < -0.4 is 31.1 Å². The van der Waals surface area contributed by atoms with E-state index in [1.54, 1.807) is 0 Å². The second-order valence-corrected chi connectivity index (χ2v) is 19.2. The third-order valence-electron chi connectivity index (χ3n) is 12.1. The van der Waals surface area contributed by atoms with Gasteiger partial charge < -0.3 is 14.7 Å². The molecule has 0 amide bonds. The summed E-state index contributed by atoms with van der Waals surface area (Å²) in [5.41, 5.74) is 18.6. The highest BCUT2D eigenvalue weighted by Gasteiger charge is 2.44. The highest BCUT2D eigenvalue weighted by Crippen LogP contribution is 2.46. The Kier molecular flexibility index (Phi) is 8.96. The minimum absolute atomic E-state index is 0.0118. The SMILES string of the molecule is CC(C)(C)c1ccc(N2c3ccc(C(C)(C)C)cc3B3c4ccc(N(c5ccccc5)c5ccccc5)cc4N(c4ccc(C(C)(C)C)cc4)c4cccc2c43)cc1. The van der Waals surface area contributed by atoms with E-state index in [0.29, 0.717) is 0 Å². The van der Waals surface area contributed by atoms with Crippen molar-refractivity contribution in [1.82, 2.24) is 0 Å². The van der Waals surface area contributed by atoms with Gasteiger partial charge in [-0.1, -0.05) is 147 Å². The Labute approximate surface area is 346 Å². The molecule has 0 fully saturated rings. The van der Waals surface area contributed by atoms with Gasteiger partial charge >= 0.3 is 0 Å². The molecule has 0 bridgehead atoms. The molecule has 7 aromatic rings. The Bertz CT molecular complexity index is 2570. The molecule has 0 spiro atoms. The molecular formula is C54H54BN3. The summed E-state index contributed by atoms with van der Waals surface area (Å²) >= 11 is 0. The van der Waals surface area contributed by atoms with Gasteiger partial charge in [0.1, 0.15) is 0 Å². The highest BCUT2D eigenvalue weighted by molar-refractivity contribution is 7.00. The van der Waals surface area contributed by atoms with E-state index in [4.69, 9.17) is 0 Å². The summed E-state index contributed by atoms with van der Waals surface area (Å²) in [7, 11) is 0. The molecule has 9 rings (SSSR count). The van der Waals surface area contributed by atoms with Crippen LogP contribution in [0.1, 0.15) is 79.0 Å². The largest absolute Gasteiger partial charge is 0.311 e. The second kappa shape index (κ2) is 13.8. The van der Waals surface area contributed by atoms with E-state index in [-0.39, 0.29) is 23.0 Å². The van der Waals surface area contributed by atoms with Crippen LogP contribution in [0.15, 0.2) is 164 Å². The zero-order valence-electron chi connectivity index (χ0n) is 35.5. The van der Waals surface area contributed by atoms with Crippen LogP contribution in [-0.4, -0.2) is 6.71 Å². The molecule has 0 unspecified atom stereocenters. The van der Waals surface area contributed by atoms with Crippen molar-refractivity contribution in [2.45, 2.75) is 78.6 Å². The van der Waals surface area contributed by atoms with Crippen LogP contribution in [0.3, 0.4) is 0 Å². The lowest BCUT2D eigenvalue weighted by molar-refractivity contribution is 0.590. The van der Waals surface area contributed by atoms with Gasteiger partial charge in [0.25, 0.3) is 6.71 Å². The lowest BCUT2D eigenvalue weighted by atomic mass is 9.33. The van der Waals surface area contributed by atoms with E-state index in [9.17, 15) is 0 Å². The number of para-hydroxylation sites is 2. The minimum Gasteiger partial charge on any atom is -0.311 e. The van der Waals surface area contributed by atoms with Crippen LogP contribution in [0, 0.1) is 0 Å². The van der Waals surface area contributed by atoms with Crippen molar-refractivity contribution in [3.8, 4) is 0 Å². The van der Waals surface area contributed by atoms with Crippen LogP contribution in [0.2, 0.25) is 0 Å². The minimum atomic E-state index is -0.0118. The molecule has 2 heterocycles. The topological polar surface area (TPSA) is 9.72 Å². The van der Waals surface area contributed by atoms with Gasteiger partial charge in [0, 0.05) is 51.2 Å². The Morgan fingerprint density at radius 2 is 0.828 bits per heavy atom. The lowest BCUT2D eigenvalue weighted by Crippen LogP contribution is -2.61. The van der Waals surface area contributed by atoms with Gasteiger partial charge in [0.2, 0.25) is 0 Å². The zero-order valence-corrected chi connectivity index (χ0v) is 35.5. The average molecular weight is 756 g/mol. The van der Waals surface area contributed by atoms with E-state index >= 15 is 0 Å². The molecule has 3 nitrogen and oxygen atoms in total. The van der Waals surface area contributed by atoms with E-state index < -0.39 is 0 Å². The fourth-order valence-electron chi connectivity index (χ4n) is 8.91. The van der Waals surface area contributed by atoms with Gasteiger partial charge in [-0.15, -0.1) is 0 Å². The van der Waals surface area contributed by atoms with Gasteiger partial charge in [-0.25, -0.2) is 0 Å². The molecule has 2 aliphatic heterocycles. The standard InChI is InChI=1S/C54H54BN3/c1-52(2,3)37-23-28-42(29-24-37)57-47-34-27-39(54(7,8)9)35-46(47)55-45-33-32-44(56(40-17-12-10-13-18-40)41-19-14-11-15-20-41)36-50(45)58(49-22-16-21-48(57)51(49)55)43-30-25-38(26-31-43)53(4,5)6/h10-36H,1-9H3. The second-order valence-electron chi connectivity index (χ2n) is 19.2. The molecule has 288 valence electrons. The summed E-state index contributed by atoms with van der Waals surface area (Å²) in [5, 5.41) is 0. The van der Waals surface area contributed by atoms with Gasteiger partial charge in [-0.3, -0.25) is 0 Å². The highest BCUT2D eigenvalue weighted by atomic mass is 15.2. The van der Waals surface area contributed by atoms with E-state index in [1.165, 1.54) is 61.5 Å². The van der Waals surface area contributed by atoms with Crippen molar-refractivity contribution in [1.29, 1.82) is 0 Å². The molecule has 0 aromatic heterocycles. The Balaban J connectivity index is 1.32. The number of nitrogens with zero attached hydrogens (tertiary/aromatic N) is 3. The van der Waals surface area contributed by atoms with Gasteiger partial charge in [-0.2, -0.15) is 0 Å². The third-order valence-corrected chi connectivity index (χ3v) is 12.1. The number of benzene rings is 7. The summed E-state index contributed by atoms with van der Waals surface area (Å²) in [6.07, 6.45) is 0. The van der Waals surface area contributed by atoms with Crippen molar-refractivity contribution in [2.75, 3.05) is 14.7 Å². The molecule has 7 aromatic carbocycles. The fourth-order valence-corrected chi connectivity index (χ4v) is 8.91. The summed E-state index contributed by atoms with van der Waals surface area (Å²) in [6, 6.07) is 61.3. The van der Waals surface area contributed by atoms with Gasteiger partial charge in [0.05, 0.1) is 0 Å². The first-order chi connectivity index (χ1) is 27.7. The summed E-state index contributed by atoms with van der Waals surface area (Å²) < 4.78 is 0. The number of rotatable bonds is 5. The molecule has 4 heteroatoms. The van der Waals surface area contributed by atoms with Crippen molar-refractivity contribution in [3.05, 3.63) is 180 Å². The number of hydrogen-bond acceptors (Lipinski definition) is 3. The maximum absolute atomic E-state index is 2.52. The number of hydrogen-bond donors (Lipinski definition) is 0. The van der Waals surface area contributed by atoms with Gasteiger partial charge in [0.15, 0.2) is 0 Å². The van der Waals surface area contributed by atoms with E-state index in [1.807, 2.05) is 0 Å². The van der Waals surface area contributed by atoms with Crippen LogP contribution in [0.25, 0.3) is 0 Å². The molecule has 0 saturated heterocycles. The van der Waals surface area contributed by atoms with Crippen LogP contribution in [0.4, 0.5) is 51.2 Å². The molecule has 2 aliphatic rings. The number of fused-ring (bicyclic) bond motifs is 4. The first kappa shape index (κ1) is 37.6. The normalized spacial score (nSPS) is 13.5. The molecule has 0 aliphatic carbocycles. The molecule has 0 atom stereocenters. The fraction of sp³-hybridized carbons (Fsp3) is 0.222. The molecule has 0 radical (unpaired) electrons. The first-order valence-electron chi connectivity index (χ1n) is 20.8. The first-order valence-corrected chi connectivity index (χ1v) is 20.8. The Morgan fingerprint density at radius 1 is 0.362 bits per heavy atom. The summed E-state index contributed by atoms with van der Waals surface area (Å²) in [5.74, 6) is 0. The Hall–Kier alpha value is -6.00. The molecule has 0 saturated carbocycles. The van der Waals surface area contributed by atoms with Gasteiger partial charge in [-0.05, 0) is 128 Å². The predicted molar refractivity (Wildman–Crippen MR) is 251 cm³/mol. The monoisotopic (exact) mass is 755 g/mol. The van der Waals surface area contributed by atoms with Crippen molar-refractivity contribution >= 4 is 74.3 Å². The van der Waals surface area contributed by atoms with E-state index in [2.05, 4.69) is 241 Å². The van der Waals surface area contributed by atoms with Crippen LogP contribution in [-0.2, 0) is 16.2 Å². The molecule has 0 N–H and O–H groups in total. The van der Waals surface area contributed by atoms with Crippen molar-refractivity contribution in [3.63, 3.8) is 0 Å². The Morgan fingerprint density at radius 3 is 1.31 bits per heavy atom. The zero-order chi connectivity index (χ0) is 40.6. The lowest BCUT2D eigenvalue weighted by Gasteiger charge is -2.45. The summed E-state index contributed by atoms with van der Waals surface area (Å²) in [6.45, 7) is 20.7. The van der Waals surface area contributed by atoms with E-state index in [0.717, 1.165) is 22.7 Å². The third kappa shape index (κ3) is 6.49. The number of anilines is 9. The maximum Gasteiger partial charge on any atom is 0.252 e. The van der Waals surface area contributed by atoms with Crippen LogP contribution >= 0.6 is 0 Å². The van der Waals surface area contributed by atoms with Crippen molar-refractivity contribution in [2.24, 2.45) is 0 Å². The quantitative estimate of drug-likeness (QED) is 0.162. The predicted octanol–water partition coefficient (Wildman–Crippen LogP) is 13.1. The van der Waals surface area contributed by atoms with Crippen LogP contribution in [0.5, 0.6) is 0 Å². The maximum atomic E-state index is 2.52. The molecular weight excluding hydrogens is 701 g/mol. The molecule has 58 heavy (non-hydrogen) atoms. The summed E-state index contributed by atoms with van der Waals surface area (Å²) in [4.78, 5) is 7.41. The van der Waals surface area contributed by atoms with Crippen molar-refractivity contribution < 1.29 is 0 Å². The average Bonchev–Trinajstić information content (AvgIpc) is 3.20. The smallest absolute Gasteiger partial charge is 0.252 e.